The van der Waals surface area contributed by atoms with E-state index in [0.717, 1.165) is 0 Å². The Labute approximate surface area is 226 Å². The molecule has 0 radical (unpaired) electrons. The van der Waals surface area contributed by atoms with Crippen LogP contribution in [0.2, 0.25) is 10.0 Å². The predicted molar refractivity (Wildman–Crippen MR) is 135 cm³/mol. The summed E-state index contributed by atoms with van der Waals surface area (Å²) in [4.78, 5) is 62.5. The van der Waals surface area contributed by atoms with Gasteiger partial charge in [0.15, 0.2) is 0 Å². The largest absolute Gasteiger partial charge is 0.478 e. The Balaban J connectivity index is 1.92. The van der Waals surface area contributed by atoms with E-state index in [4.69, 9.17) is 32.7 Å². The van der Waals surface area contributed by atoms with Crippen molar-refractivity contribution >= 4 is 58.7 Å². The van der Waals surface area contributed by atoms with Crippen LogP contribution in [-0.2, 0) is 23.8 Å². The van der Waals surface area contributed by atoms with Gasteiger partial charge in [-0.2, -0.15) is 0 Å². The van der Waals surface area contributed by atoms with Gasteiger partial charge in [0.1, 0.15) is 0 Å². The lowest BCUT2D eigenvalue weighted by molar-refractivity contribution is -0.157. The van der Waals surface area contributed by atoms with Crippen molar-refractivity contribution in [3.05, 3.63) is 99.5 Å². The molecule has 0 aliphatic heterocycles. The van der Waals surface area contributed by atoms with Gasteiger partial charge in [0.05, 0.1) is 23.8 Å². The second-order valence-corrected chi connectivity index (χ2v) is 8.44. The first-order chi connectivity index (χ1) is 18.1. The van der Waals surface area contributed by atoms with Gasteiger partial charge in [-0.05, 0) is 66.7 Å². The lowest BCUT2D eigenvalue weighted by Gasteiger charge is -2.23. The number of methoxy groups -OCH3 is 1. The molecule has 38 heavy (non-hydrogen) atoms. The number of esters is 3. The molecule has 0 bridgehead atoms. The number of aliphatic carboxylic acids is 1. The van der Waals surface area contributed by atoms with Gasteiger partial charge in [-0.15, -0.1) is 0 Å². The topological polar surface area (TPSA) is 145 Å². The van der Waals surface area contributed by atoms with Crippen LogP contribution in [-0.4, -0.2) is 54.2 Å². The molecule has 3 aromatic carbocycles. The molecular formula is C26H19Cl2NO9. The molecule has 0 fully saturated rings. The van der Waals surface area contributed by atoms with Crippen LogP contribution in [0.3, 0.4) is 0 Å². The third kappa shape index (κ3) is 7.31. The zero-order chi connectivity index (χ0) is 27.8. The maximum atomic E-state index is 13.2. The van der Waals surface area contributed by atoms with E-state index in [1.807, 2.05) is 0 Å². The quantitative estimate of drug-likeness (QED) is 0.290. The van der Waals surface area contributed by atoms with E-state index in [9.17, 15) is 29.1 Å². The number of rotatable bonds is 9. The van der Waals surface area contributed by atoms with Crippen LogP contribution >= 0.6 is 23.2 Å². The third-order valence-electron chi connectivity index (χ3n) is 4.96. The maximum Gasteiger partial charge on any atom is 0.349 e. The first kappa shape index (κ1) is 28.2. The van der Waals surface area contributed by atoms with Crippen molar-refractivity contribution in [1.82, 2.24) is 0 Å². The number of amides is 1. The highest BCUT2D eigenvalue weighted by Crippen LogP contribution is 2.19. The van der Waals surface area contributed by atoms with Gasteiger partial charge in [-0.3, -0.25) is 4.79 Å². The Bertz CT molecular complexity index is 1360. The lowest BCUT2D eigenvalue weighted by Crippen LogP contribution is -2.48. The molecule has 10 nitrogen and oxygen atoms in total. The minimum Gasteiger partial charge on any atom is -0.478 e. The molecule has 0 aromatic heterocycles. The molecule has 0 heterocycles. The second-order valence-electron chi connectivity index (χ2n) is 7.57. The molecule has 3 aromatic rings. The van der Waals surface area contributed by atoms with Crippen LogP contribution in [0.15, 0.2) is 72.8 Å². The Morgan fingerprint density at radius 1 is 0.711 bits per heavy atom. The monoisotopic (exact) mass is 559 g/mol. The highest BCUT2D eigenvalue weighted by atomic mass is 35.5. The van der Waals surface area contributed by atoms with E-state index in [1.54, 1.807) is 0 Å². The number of nitrogens with one attached hydrogen (secondary N) is 1. The summed E-state index contributed by atoms with van der Waals surface area (Å²) in [6.07, 6.45) is -4.40. The minimum absolute atomic E-state index is 0.0481. The molecule has 0 saturated heterocycles. The highest BCUT2D eigenvalue weighted by Gasteiger charge is 2.41. The van der Waals surface area contributed by atoms with E-state index in [-0.39, 0.29) is 22.4 Å². The number of hydrogen-bond donors (Lipinski definition) is 2. The van der Waals surface area contributed by atoms with Crippen LogP contribution in [0.5, 0.6) is 0 Å². The number of hydrogen-bond acceptors (Lipinski definition) is 8. The van der Waals surface area contributed by atoms with Gasteiger partial charge >= 0.3 is 23.9 Å². The van der Waals surface area contributed by atoms with Crippen molar-refractivity contribution in [2.75, 3.05) is 12.4 Å². The molecular weight excluding hydrogens is 541 g/mol. The van der Waals surface area contributed by atoms with Crippen molar-refractivity contribution in [2.24, 2.45) is 0 Å². The summed E-state index contributed by atoms with van der Waals surface area (Å²) in [6, 6.07) is 16.2. The van der Waals surface area contributed by atoms with Gasteiger partial charge in [0.2, 0.25) is 12.2 Å². The standard InChI is InChI=1S/C26H19Cl2NO9/c1-36-24(33)16-3-2-4-19(13-16)29-22(30)20(37-25(34)14-5-9-17(27)10-6-14)21(23(31)32)38-26(35)15-7-11-18(28)12-8-15/h2-13,20-21H,1H3,(H,29,30)(H,31,32)/t20-,21+/m0/s1. The molecule has 3 rings (SSSR count). The second kappa shape index (κ2) is 12.7. The average molecular weight is 560 g/mol. The van der Waals surface area contributed by atoms with E-state index in [1.165, 1.54) is 79.9 Å². The molecule has 2 atom stereocenters. The molecule has 2 N–H and O–H groups in total. The molecule has 0 unspecified atom stereocenters. The summed E-state index contributed by atoms with van der Waals surface area (Å²) in [5.74, 6) is -5.79. The zero-order valence-electron chi connectivity index (χ0n) is 19.6. The number of carboxylic acid groups (broad SMARTS) is 1. The van der Waals surface area contributed by atoms with Gasteiger partial charge in [0.25, 0.3) is 5.91 Å². The van der Waals surface area contributed by atoms with Crippen molar-refractivity contribution in [3.63, 3.8) is 0 Å². The molecule has 0 saturated carbocycles. The highest BCUT2D eigenvalue weighted by molar-refractivity contribution is 6.31. The Morgan fingerprint density at radius 3 is 1.68 bits per heavy atom. The average Bonchev–Trinajstić information content (AvgIpc) is 2.90. The predicted octanol–water partition coefficient (Wildman–Crippen LogP) is 4.25. The van der Waals surface area contributed by atoms with E-state index < -0.39 is 42.0 Å². The SMILES string of the molecule is COC(=O)c1cccc(NC(=O)[C@@H](OC(=O)c2ccc(Cl)cc2)[C@@H](OC(=O)c2ccc(Cl)cc2)C(=O)O)c1. The normalized spacial score (nSPS) is 12.0. The lowest BCUT2D eigenvalue weighted by atomic mass is 10.1. The molecule has 12 heteroatoms. The summed E-state index contributed by atoms with van der Waals surface area (Å²) in [7, 11) is 1.17. The minimum atomic E-state index is -2.25. The van der Waals surface area contributed by atoms with Crippen LogP contribution in [0.25, 0.3) is 0 Å². The van der Waals surface area contributed by atoms with Crippen LogP contribution < -0.4 is 5.32 Å². The first-order valence-electron chi connectivity index (χ1n) is 10.7. The molecule has 1 amide bonds. The maximum absolute atomic E-state index is 13.2. The van der Waals surface area contributed by atoms with E-state index >= 15 is 0 Å². The Hall–Kier alpha value is -4.41. The zero-order valence-corrected chi connectivity index (χ0v) is 21.1. The fraction of sp³-hybridized carbons (Fsp3) is 0.115. The van der Waals surface area contributed by atoms with Crippen LogP contribution in [0.4, 0.5) is 5.69 Å². The molecule has 196 valence electrons. The summed E-state index contributed by atoms with van der Waals surface area (Å²) < 4.78 is 14.9. The Morgan fingerprint density at radius 2 is 1.21 bits per heavy atom. The van der Waals surface area contributed by atoms with Crippen LogP contribution in [0.1, 0.15) is 31.1 Å². The van der Waals surface area contributed by atoms with E-state index in [0.29, 0.717) is 10.0 Å². The number of carbonyl (C=O) groups excluding carboxylic acids is 4. The summed E-state index contributed by atoms with van der Waals surface area (Å²) in [5.41, 5.74) is 0.0326. The Kier molecular flexibility index (Phi) is 9.42. The summed E-state index contributed by atoms with van der Waals surface area (Å²) >= 11 is 11.6. The molecule has 0 aliphatic carbocycles. The smallest absolute Gasteiger partial charge is 0.349 e. The van der Waals surface area contributed by atoms with E-state index in [2.05, 4.69) is 10.1 Å². The van der Waals surface area contributed by atoms with Gasteiger partial charge in [-0.1, -0.05) is 29.3 Å². The summed E-state index contributed by atoms with van der Waals surface area (Å²) in [5, 5.41) is 12.8. The van der Waals surface area contributed by atoms with Crippen molar-refractivity contribution in [1.29, 1.82) is 0 Å². The van der Waals surface area contributed by atoms with Gasteiger partial charge in [0, 0.05) is 15.7 Å². The van der Waals surface area contributed by atoms with Gasteiger partial charge in [-0.25, -0.2) is 19.2 Å². The van der Waals surface area contributed by atoms with Crippen molar-refractivity contribution in [3.8, 4) is 0 Å². The molecule has 0 spiro atoms. The van der Waals surface area contributed by atoms with Crippen LogP contribution in [0, 0.1) is 0 Å². The fourth-order valence-electron chi connectivity index (χ4n) is 3.09. The fourth-order valence-corrected chi connectivity index (χ4v) is 3.34. The van der Waals surface area contributed by atoms with Crippen molar-refractivity contribution in [2.45, 2.75) is 12.2 Å². The summed E-state index contributed by atoms with van der Waals surface area (Å²) in [6.45, 7) is 0. The molecule has 0 aliphatic rings. The van der Waals surface area contributed by atoms with Gasteiger partial charge < -0.3 is 24.6 Å². The number of ether oxygens (including phenoxy) is 3. The first-order valence-corrected chi connectivity index (χ1v) is 11.5. The number of anilines is 1. The number of benzene rings is 3. The third-order valence-corrected chi connectivity index (χ3v) is 5.46. The number of carbonyl (C=O) groups is 5. The van der Waals surface area contributed by atoms with Crippen molar-refractivity contribution < 1.29 is 43.3 Å². The number of halogens is 2. The number of carboxylic acids is 1.